The fourth-order valence-electron chi connectivity index (χ4n) is 2.68. The summed E-state index contributed by atoms with van der Waals surface area (Å²) in [6.07, 6.45) is 3.40. The maximum absolute atomic E-state index is 12.1. The Bertz CT molecular complexity index is 327. The minimum atomic E-state index is -0.569. The topological polar surface area (TPSA) is 56.8 Å². The van der Waals surface area contributed by atoms with Gasteiger partial charge in [0.05, 0.1) is 32.0 Å². The monoisotopic (exact) mass is 301 g/mol. The Kier molecular flexibility index (Phi) is 7.10. The predicted molar refractivity (Wildman–Crippen MR) is 82.3 cm³/mol. The second kappa shape index (κ2) is 8.11. The van der Waals surface area contributed by atoms with Crippen molar-refractivity contribution in [2.75, 3.05) is 26.9 Å². The molecule has 2 unspecified atom stereocenters. The van der Waals surface area contributed by atoms with Crippen LogP contribution < -0.4 is 5.32 Å². The van der Waals surface area contributed by atoms with Crippen LogP contribution in [-0.4, -0.2) is 50.1 Å². The Labute approximate surface area is 128 Å². The normalized spacial score (nSPS) is 26.0. The number of esters is 1. The van der Waals surface area contributed by atoms with Gasteiger partial charge < -0.3 is 19.5 Å². The lowest BCUT2D eigenvalue weighted by atomic mass is 9.97. The SMILES string of the molecule is CCCNC1(C(=O)OC)CCC(OCCOC(C)(C)C)C1. The molecule has 0 bridgehead atoms. The predicted octanol–water partition coefficient (Wildman–Crippen LogP) is 2.28. The van der Waals surface area contributed by atoms with E-state index in [1.165, 1.54) is 7.11 Å². The van der Waals surface area contributed by atoms with E-state index in [0.29, 0.717) is 19.6 Å². The van der Waals surface area contributed by atoms with Crippen LogP contribution in [0.2, 0.25) is 0 Å². The lowest BCUT2D eigenvalue weighted by Crippen LogP contribution is -2.51. The van der Waals surface area contributed by atoms with Crippen molar-refractivity contribution < 1.29 is 19.0 Å². The molecular weight excluding hydrogens is 270 g/mol. The molecule has 1 N–H and O–H groups in total. The number of ether oxygens (including phenoxy) is 3. The molecule has 5 nitrogen and oxygen atoms in total. The fraction of sp³-hybridized carbons (Fsp3) is 0.938. The highest BCUT2D eigenvalue weighted by Gasteiger charge is 2.46. The van der Waals surface area contributed by atoms with Crippen LogP contribution in [0.1, 0.15) is 53.4 Å². The molecule has 1 fully saturated rings. The molecule has 0 aromatic rings. The van der Waals surface area contributed by atoms with Gasteiger partial charge in [0, 0.05) is 6.42 Å². The van der Waals surface area contributed by atoms with Crippen LogP contribution in [0, 0.1) is 0 Å². The lowest BCUT2D eigenvalue weighted by molar-refractivity contribution is -0.149. The molecule has 0 aromatic heterocycles. The Morgan fingerprint density at radius 1 is 1.33 bits per heavy atom. The minimum absolute atomic E-state index is 0.0945. The van der Waals surface area contributed by atoms with E-state index in [4.69, 9.17) is 14.2 Å². The van der Waals surface area contributed by atoms with E-state index in [1.54, 1.807) is 0 Å². The third kappa shape index (κ3) is 5.93. The third-order valence-corrected chi connectivity index (χ3v) is 3.73. The van der Waals surface area contributed by atoms with Gasteiger partial charge in [-0.1, -0.05) is 6.92 Å². The average molecular weight is 301 g/mol. The largest absolute Gasteiger partial charge is 0.468 e. The summed E-state index contributed by atoms with van der Waals surface area (Å²) in [6.45, 7) is 10.1. The summed E-state index contributed by atoms with van der Waals surface area (Å²) in [4.78, 5) is 12.1. The average Bonchev–Trinajstić information content (AvgIpc) is 2.84. The molecule has 1 rings (SSSR count). The molecule has 0 saturated heterocycles. The Morgan fingerprint density at radius 2 is 2.05 bits per heavy atom. The number of nitrogens with one attached hydrogen (secondary N) is 1. The van der Waals surface area contributed by atoms with Gasteiger partial charge >= 0.3 is 5.97 Å². The highest BCUT2D eigenvalue weighted by atomic mass is 16.5. The van der Waals surface area contributed by atoms with Crippen molar-refractivity contribution in [1.29, 1.82) is 0 Å². The van der Waals surface area contributed by atoms with Gasteiger partial charge in [-0.3, -0.25) is 4.79 Å². The molecule has 21 heavy (non-hydrogen) atoms. The van der Waals surface area contributed by atoms with E-state index in [1.807, 2.05) is 20.8 Å². The first-order chi connectivity index (χ1) is 9.83. The quantitative estimate of drug-likeness (QED) is 0.550. The van der Waals surface area contributed by atoms with Gasteiger partial charge in [0.25, 0.3) is 0 Å². The molecule has 1 saturated carbocycles. The van der Waals surface area contributed by atoms with Crippen LogP contribution in [-0.2, 0) is 19.0 Å². The standard InChI is InChI=1S/C16H31NO4/c1-6-9-17-16(14(18)19-5)8-7-13(12-16)20-10-11-21-15(2,3)4/h13,17H,6-12H2,1-5H3. The molecule has 0 radical (unpaired) electrons. The molecule has 0 amide bonds. The van der Waals surface area contributed by atoms with Crippen molar-refractivity contribution in [1.82, 2.24) is 5.32 Å². The molecule has 0 aromatic carbocycles. The second-order valence-electron chi connectivity index (χ2n) is 6.70. The Morgan fingerprint density at radius 3 is 2.62 bits per heavy atom. The van der Waals surface area contributed by atoms with Gasteiger partial charge in [0.1, 0.15) is 5.54 Å². The van der Waals surface area contributed by atoms with E-state index >= 15 is 0 Å². The van der Waals surface area contributed by atoms with Gasteiger partial charge in [-0.05, 0) is 46.6 Å². The molecule has 0 spiro atoms. The van der Waals surface area contributed by atoms with E-state index in [-0.39, 0.29) is 17.7 Å². The summed E-state index contributed by atoms with van der Waals surface area (Å²) in [7, 11) is 1.45. The number of carbonyl (C=O) groups is 1. The molecule has 1 aliphatic rings. The maximum atomic E-state index is 12.1. The summed E-state index contributed by atoms with van der Waals surface area (Å²) in [6, 6.07) is 0. The van der Waals surface area contributed by atoms with Crippen molar-refractivity contribution in [3.05, 3.63) is 0 Å². The molecule has 0 heterocycles. The molecule has 1 aliphatic carbocycles. The fourth-order valence-corrected chi connectivity index (χ4v) is 2.68. The van der Waals surface area contributed by atoms with Gasteiger partial charge in [-0.15, -0.1) is 0 Å². The summed E-state index contributed by atoms with van der Waals surface area (Å²) < 4.78 is 16.5. The van der Waals surface area contributed by atoms with Crippen LogP contribution >= 0.6 is 0 Å². The lowest BCUT2D eigenvalue weighted by Gasteiger charge is -2.27. The number of hydrogen-bond acceptors (Lipinski definition) is 5. The number of rotatable bonds is 8. The van der Waals surface area contributed by atoms with Crippen molar-refractivity contribution in [3.8, 4) is 0 Å². The van der Waals surface area contributed by atoms with Crippen LogP contribution in [0.15, 0.2) is 0 Å². The van der Waals surface area contributed by atoms with Gasteiger partial charge in [-0.2, -0.15) is 0 Å². The highest BCUT2D eigenvalue weighted by Crippen LogP contribution is 2.33. The molecule has 124 valence electrons. The molecule has 0 aliphatic heterocycles. The first-order valence-corrected chi connectivity index (χ1v) is 7.92. The highest BCUT2D eigenvalue weighted by molar-refractivity contribution is 5.81. The van der Waals surface area contributed by atoms with Gasteiger partial charge in [0.2, 0.25) is 0 Å². The first-order valence-electron chi connectivity index (χ1n) is 7.92. The van der Waals surface area contributed by atoms with Gasteiger partial charge in [-0.25, -0.2) is 0 Å². The van der Waals surface area contributed by atoms with E-state index in [9.17, 15) is 4.79 Å². The van der Waals surface area contributed by atoms with Crippen molar-refractivity contribution in [3.63, 3.8) is 0 Å². The maximum Gasteiger partial charge on any atom is 0.326 e. The number of methoxy groups -OCH3 is 1. The Hall–Kier alpha value is -0.650. The van der Waals surface area contributed by atoms with Crippen LogP contribution in [0.3, 0.4) is 0 Å². The van der Waals surface area contributed by atoms with Crippen molar-refractivity contribution in [2.45, 2.75) is 70.6 Å². The van der Waals surface area contributed by atoms with Crippen LogP contribution in [0.25, 0.3) is 0 Å². The molecule has 5 heteroatoms. The smallest absolute Gasteiger partial charge is 0.326 e. The Balaban J connectivity index is 2.41. The van der Waals surface area contributed by atoms with Crippen LogP contribution in [0.5, 0.6) is 0 Å². The summed E-state index contributed by atoms with van der Waals surface area (Å²) >= 11 is 0. The zero-order chi connectivity index (χ0) is 15.9. The van der Waals surface area contributed by atoms with Crippen molar-refractivity contribution in [2.24, 2.45) is 0 Å². The van der Waals surface area contributed by atoms with E-state index in [0.717, 1.165) is 25.8 Å². The number of hydrogen-bond donors (Lipinski definition) is 1. The zero-order valence-electron chi connectivity index (χ0n) is 14.2. The summed E-state index contributed by atoms with van der Waals surface area (Å²) in [5.74, 6) is -0.173. The number of carbonyl (C=O) groups excluding carboxylic acids is 1. The van der Waals surface area contributed by atoms with E-state index < -0.39 is 5.54 Å². The van der Waals surface area contributed by atoms with E-state index in [2.05, 4.69) is 12.2 Å². The zero-order valence-corrected chi connectivity index (χ0v) is 14.2. The second-order valence-corrected chi connectivity index (χ2v) is 6.70. The van der Waals surface area contributed by atoms with Crippen molar-refractivity contribution >= 4 is 5.97 Å². The third-order valence-electron chi connectivity index (χ3n) is 3.73. The molecule has 2 atom stereocenters. The minimum Gasteiger partial charge on any atom is -0.468 e. The molecular formula is C16H31NO4. The summed E-state index contributed by atoms with van der Waals surface area (Å²) in [5, 5.41) is 3.35. The van der Waals surface area contributed by atoms with Crippen LogP contribution in [0.4, 0.5) is 0 Å². The summed E-state index contributed by atoms with van der Waals surface area (Å²) in [5.41, 5.74) is -0.711. The first kappa shape index (κ1) is 18.4. The van der Waals surface area contributed by atoms with Gasteiger partial charge in [0.15, 0.2) is 0 Å².